The number of benzene rings is 1. The quantitative estimate of drug-likeness (QED) is 0.622. The van der Waals surface area contributed by atoms with Gasteiger partial charge in [-0.3, -0.25) is 4.90 Å². The van der Waals surface area contributed by atoms with Gasteiger partial charge in [-0.1, -0.05) is 31.0 Å². The fourth-order valence-corrected chi connectivity index (χ4v) is 3.92. The van der Waals surface area contributed by atoms with Crippen LogP contribution in [-0.4, -0.2) is 17.0 Å². The molecule has 4 rings (SSSR count). The molecule has 2 fully saturated rings. The largest absolute Gasteiger partial charge is 0.292 e. The molecule has 3 heteroatoms. The van der Waals surface area contributed by atoms with E-state index in [-0.39, 0.29) is 5.54 Å². The first kappa shape index (κ1) is 12.3. The third-order valence-electron chi connectivity index (χ3n) is 5.24. The maximum Gasteiger partial charge on any atom is 0.235 e. The maximum atomic E-state index is 10.8. The van der Waals surface area contributed by atoms with Crippen molar-refractivity contribution < 1.29 is 4.79 Å². The van der Waals surface area contributed by atoms with E-state index >= 15 is 0 Å². The highest BCUT2D eigenvalue weighted by Gasteiger charge is 2.37. The molecule has 0 aromatic heterocycles. The third kappa shape index (κ3) is 1.93. The first-order valence-corrected chi connectivity index (χ1v) is 7.76. The van der Waals surface area contributed by atoms with E-state index in [9.17, 15) is 4.79 Å². The number of nitrogens with zero attached hydrogens (tertiary/aromatic N) is 2. The maximum absolute atomic E-state index is 10.8. The molecule has 0 radical (unpaired) electrons. The Bertz CT molecular complexity index is 579. The molecular weight excluding hydrogens is 248 g/mol. The molecule has 1 aromatic rings. The van der Waals surface area contributed by atoms with Gasteiger partial charge in [-0.25, -0.2) is 4.79 Å². The smallest absolute Gasteiger partial charge is 0.235 e. The minimum Gasteiger partial charge on any atom is -0.292 e. The van der Waals surface area contributed by atoms with Crippen molar-refractivity contribution in [1.29, 1.82) is 0 Å². The molecular formula is C17H20N2O. The SMILES string of the molecule is O=C=NC1(c2ccc3c(c2)CN(C2CC2)C3)CCCC1. The number of isocyanates is 1. The van der Waals surface area contributed by atoms with Crippen molar-refractivity contribution in [2.24, 2.45) is 4.99 Å². The normalized spacial score (nSPS) is 24.4. The van der Waals surface area contributed by atoms with Gasteiger partial charge in [-0.05, 0) is 42.4 Å². The molecule has 1 aliphatic heterocycles. The van der Waals surface area contributed by atoms with Crippen LogP contribution in [0.5, 0.6) is 0 Å². The molecule has 0 N–H and O–H groups in total. The summed E-state index contributed by atoms with van der Waals surface area (Å²) < 4.78 is 0. The molecule has 0 bridgehead atoms. The average Bonchev–Trinajstić information content (AvgIpc) is 3.05. The molecule has 0 atom stereocenters. The first-order chi connectivity index (χ1) is 9.81. The standard InChI is InChI=1S/C17H20N2O/c20-12-18-17(7-1-2-8-17)15-4-3-13-10-19(16-5-6-16)11-14(13)9-15/h3-4,9,16H,1-2,5-8,10-11H2. The van der Waals surface area contributed by atoms with Crippen LogP contribution in [0.25, 0.3) is 0 Å². The fourth-order valence-electron chi connectivity index (χ4n) is 3.92. The van der Waals surface area contributed by atoms with Crippen LogP contribution < -0.4 is 0 Å². The summed E-state index contributed by atoms with van der Waals surface area (Å²) in [6.07, 6.45) is 8.85. The van der Waals surface area contributed by atoms with Crippen LogP contribution in [0.1, 0.15) is 55.2 Å². The zero-order valence-corrected chi connectivity index (χ0v) is 11.8. The summed E-state index contributed by atoms with van der Waals surface area (Å²) in [5.74, 6) is 0. The number of hydrogen-bond donors (Lipinski definition) is 0. The van der Waals surface area contributed by atoms with Gasteiger partial charge in [0.1, 0.15) is 0 Å². The Morgan fingerprint density at radius 1 is 1.15 bits per heavy atom. The van der Waals surface area contributed by atoms with E-state index in [4.69, 9.17) is 0 Å². The zero-order valence-electron chi connectivity index (χ0n) is 11.8. The fraction of sp³-hybridized carbons (Fsp3) is 0.588. The predicted molar refractivity (Wildman–Crippen MR) is 77.0 cm³/mol. The van der Waals surface area contributed by atoms with Gasteiger partial charge < -0.3 is 0 Å². The topological polar surface area (TPSA) is 32.7 Å². The second-order valence-electron chi connectivity index (χ2n) is 6.56. The monoisotopic (exact) mass is 268 g/mol. The van der Waals surface area contributed by atoms with Gasteiger partial charge in [-0.15, -0.1) is 0 Å². The summed E-state index contributed by atoms with van der Waals surface area (Å²) in [5, 5.41) is 0. The first-order valence-electron chi connectivity index (χ1n) is 7.76. The predicted octanol–water partition coefficient (Wildman–Crippen LogP) is 3.27. The summed E-state index contributed by atoms with van der Waals surface area (Å²) in [4.78, 5) is 17.6. The third-order valence-corrected chi connectivity index (χ3v) is 5.24. The van der Waals surface area contributed by atoms with E-state index in [0.717, 1.165) is 44.8 Å². The van der Waals surface area contributed by atoms with E-state index in [1.54, 1.807) is 0 Å². The van der Waals surface area contributed by atoms with E-state index < -0.39 is 0 Å². The van der Waals surface area contributed by atoms with Crippen LogP contribution >= 0.6 is 0 Å². The minimum absolute atomic E-state index is 0.274. The Labute approximate surface area is 119 Å². The molecule has 2 aliphatic carbocycles. The second-order valence-corrected chi connectivity index (χ2v) is 6.56. The number of hydrogen-bond acceptors (Lipinski definition) is 3. The summed E-state index contributed by atoms with van der Waals surface area (Å²) in [5.41, 5.74) is 3.87. The lowest BCUT2D eigenvalue weighted by Gasteiger charge is -2.23. The van der Waals surface area contributed by atoms with Crippen LogP contribution in [-0.2, 0) is 23.4 Å². The van der Waals surface area contributed by atoms with Crippen molar-refractivity contribution in [2.45, 2.75) is 63.2 Å². The van der Waals surface area contributed by atoms with Crippen molar-refractivity contribution >= 4 is 6.08 Å². The number of rotatable bonds is 3. The molecule has 0 saturated heterocycles. The lowest BCUT2D eigenvalue weighted by molar-refractivity contribution is 0.273. The Morgan fingerprint density at radius 2 is 1.90 bits per heavy atom. The molecule has 3 nitrogen and oxygen atoms in total. The lowest BCUT2D eigenvalue weighted by Crippen LogP contribution is -2.19. The van der Waals surface area contributed by atoms with Gasteiger partial charge in [0.05, 0.1) is 5.54 Å². The number of aliphatic imine (C=N–C) groups is 1. The summed E-state index contributed by atoms with van der Waals surface area (Å²) in [7, 11) is 0. The Balaban J connectivity index is 1.67. The molecule has 20 heavy (non-hydrogen) atoms. The van der Waals surface area contributed by atoms with Gasteiger partial charge in [0.15, 0.2) is 0 Å². The van der Waals surface area contributed by atoms with E-state index in [1.165, 1.54) is 29.5 Å². The number of carbonyl (C=O) groups excluding carboxylic acids is 1. The highest BCUT2D eigenvalue weighted by molar-refractivity contribution is 5.42. The molecule has 0 unspecified atom stereocenters. The van der Waals surface area contributed by atoms with Crippen molar-refractivity contribution in [3.8, 4) is 0 Å². The molecule has 1 aromatic carbocycles. The van der Waals surface area contributed by atoms with E-state index in [0.29, 0.717) is 0 Å². The molecule has 3 aliphatic rings. The van der Waals surface area contributed by atoms with Crippen LogP contribution in [0.2, 0.25) is 0 Å². The molecule has 1 heterocycles. The highest BCUT2D eigenvalue weighted by atomic mass is 16.1. The van der Waals surface area contributed by atoms with E-state index in [2.05, 4.69) is 28.1 Å². The van der Waals surface area contributed by atoms with Gasteiger partial charge in [-0.2, -0.15) is 4.99 Å². The Hall–Kier alpha value is -1.44. The van der Waals surface area contributed by atoms with Crippen LogP contribution in [0, 0.1) is 0 Å². The molecule has 0 amide bonds. The van der Waals surface area contributed by atoms with Crippen molar-refractivity contribution in [2.75, 3.05) is 0 Å². The lowest BCUT2D eigenvalue weighted by atomic mass is 9.87. The van der Waals surface area contributed by atoms with Gasteiger partial charge in [0, 0.05) is 19.1 Å². The summed E-state index contributed by atoms with van der Waals surface area (Å²) >= 11 is 0. The minimum atomic E-state index is -0.274. The second kappa shape index (κ2) is 4.54. The molecule has 0 spiro atoms. The summed E-state index contributed by atoms with van der Waals surface area (Å²) in [6.45, 7) is 2.18. The van der Waals surface area contributed by atoms with Crippen molar-refractivity contribution in [1.82, 2.24) is 4.90 Å². The molecule has 2 saturated carbocycles. The van der Waals surface area contributed by atoms with Gasteiger partial charge >= 0.3 is 0 Å². The van der Waals surface area contributed by atoms with Crippen LogP contribution in [0.15, 0.2) is 23.2 Å². The van der Waals surface area contributed by atoms with Crippen LogP contribution in [0.4, 0.5) is 0 Å². The van der Waals surface area contributed by atoms with Crippen molar-refractivity contribution in [3.05, 3.63) is 34.9 Å². The number of fused-ring (bicyclic) bond motifs is 1. The Morgan fingerprint density at radius 3 is 2.60 bits per heavy atom. The van der Waals surface area contributed by atoms with E-state index in [1.807, 2.05) is 6.08 Å². The molecule has 104 valence electrons. The average molecular weight is 268 g/mol. The van der Waals surface area contributed by atoms with Crippen molar-refractivity contribution in [3.63, 3.8) is 0 Å². The van der Waals surface area contributed by atoms with Gasteiger partial charge in [0.25, 0.3) is 0 Å². The summed E-state index contributed by atoms with van der Waals surface area (Å²) in [6, 6.07) is 7.58. The zero-order chi connectivity index (χ0) is 13.6. The van der Waals surface area contributed by atoms with Crippen LogP contribution in [0.3, 0.4) is 0 Å². The van der Waals surface area contributed by atoms with Gasteiger partial charge in [0.2, 0.25) is 6.08 Å². The highest BCUT2D eigenvalue weighted by Crippen LogP contribution is 2.43. The Kier molecular flexibility index (Phi) is 2.80.